The van der Waals surface area contributed by atoms with Crippen molar-refractivity contribution < 1.29 is 4.39 Å². The van der Waals surface area contributed by atoms with Gasteiger partial charge in [-0.15, -0.1) is 11.3 Å². The molecule has 0 aliphatic rings. The Morgan fingerprint density at radius 2 is 2.33 bits per heavy atom. The molecule has 2 aromatic heterocycles. The third-order valence-corrected chi connectivity index (χ3v) is 2.57. The summed E-state index contributed by atoms with van der Waals surface area (Å²) in [5.41, 5.74) is 2.58. The van der Waals surface area contributed by atoms with Gasteiger partial charge in [-0.1, -0.05) is 11.6 Å². The molecule has 0 bridgehead atoms. The summed E-state index contributed by atoms with van der Waals surface area (Å²) in [5.74, 6) is -0.273. The van der Waals surface area contributed by atoms with Crippen LogP contribution in [-0.4, -0.2) is 9.97 Å². The quantitative estimate of drug-likeness (QED) is 0.901. The van der Waals surface area contributed by atoms with Crippen molar-refractivity contribution in [2.24, 2.45) is 0 Å². The first-order valence-electron chi connectivity index (χ1n) is 4.17. The number of thiazole rings is 1. The van der Waals surface area contributed by atoms with Gasteiger partial charge in [-0.25, -0.2) is 14.4 Å². The van der Waals surface area contributed by atoms with Crippen LogP contribution < -0.4 is 5.32 Å². The molecule has 0 amide bonds. The van der Waals surface area contributed by atoms with Crippen molar-refractivity contribution in [3.05, 3.63) is 39.7 Å². The zero-order chi connectivity index (χ0) is 10.7. The lowest BCUT2D eigenvalue weighted by Crippen LogP contribution is -2.03. The summed E-state index contributed by atoms with van der Waals surface area (Å²) in [7, 11) is 0. The minimum absolute atomic E-state index is 0.187. The summed E-state index contributed by atoms with van der Waals surface area (Å²) < 4.78 is 13.3. The van der Waals surface area contributed by atoms with Crippen molar-refractivity contribution in [2.45, 2.75) is 6.54 Å². The summed E-state index contributed by atoms with van der Waals surface area (Å²) in [4.78, 5) is 7.89. The van der Waals surface area contributed by atoms with Gasteiger partial charge in [-0.3, -0.25) is 0 Å². The van der Waals surface area contributed by atoms with Gasteiger partial charge in [0, 0.05) is 11.6 Å². The van der Waals surface area contributed by atoms with Crippen molar-refractivity contribution in [3.8, 4) is 0 Å². The molecule has 0 unspecified atom stereocenters. The van der Waals surface area contributed by atoms with Crippen LogP contribution in [0.1, 0.15) is 5.69 Å². The average Bonchev–Trinajstić information content (AvgIpc) is 2.69. The normalized spacial score (nSPS) is 10.3. The lowest BCUT2D eigenvalue weighted by atomic mass is 10.4. The van der Waals surface area contributed by atoms with Crippen LogP contribution >= 0.6 is 22.9 Å². The maximum Gasteiger partial charge on any atom is 0.166 e. The average molecular weight is 244 g/mol. The monoisotopic (exact) mass is 243 g/mol. The zero-order valence-corrected chi connectivity index (χ0v) is 9.15. The highest BCUT2D eigenvalue weighted by atomic mass is 35.5. The van der Waals surface area contributed by atoms with Crippen LogP contribution in [0.2, 0.25) is 5.02 Å². The number of nitrogens with one attached hydrogen (secondary N) is 1. The minimum Gasteiger partial charge on any atom is -0.362 e. The molecule has 3 nitrogen and oxygen atoms in total. The second-order valence-corrected chi connectivity index (χ2v) is 3.97. The second kappa shape index (κ2) is 4.55. The fraction of sp³-hybridized carbons (Fsp3) is 0.111. The Kier molecular flexibility index (Phi) is 3.13. The number of rotatable bonds is 3. The minimum atomic E-state index is -0.460. The molecule has 2 aromatic rings. The lowest BCUT2D eigenvalue weighted by molar-refractivity contribution is 0.624. The van der Waals surface area contributed by atoms with E-state index >= 15 is 0 Å². The van der Waals surface area contributed by atoms with Crippen LogP contribution in [0, 0.1) is 5.82 Å². The Hall–Kier alpha value is -1.20. The molecular weight excluding hydrogens is 237 g/mol. The van der Waals surface area contributed by atoms with E-state index in [0.29, 0.717) is 6.54 Å². The summed E-state index contributed by atoms with van der Waals surface area (Å²) in [6.07, 6.45) is 1.40. The molecule has 0 radical (unpaired) electrons. The van der Waals surface area contributed by atoms with Gasteiger partial charge < -0.3 is 5.32 Å². The smallest absolute Gasteiger partial charge is 0.166 e. The molecule has 0 aliphatic heterocycles. The number of hydrogen-bond donors (Lipinski definition) is 1. The van der Waals surface area contributed by atoms with Crippen LogP contribution in [0.3, 0.4) is 0 Å². The van der Waals surface area contributed by atoms with Gasteiger partial charge in [0.25, 0.3) is 0 Å². The highest BCUT2D eigenvalue weighted by Gasteiger charge is 2.04. The van der Waals surface area contributed by atoms with Gasteiger partial charge in [0.2, 0.25) is 0 Å². The molecule has 15 heavy (non-hydrogen) atoms. The lowest BCUT2D eigenvalue weighted by Gasteiger charge is -2.04. The third kappa shape index (κ3) is 2.64. The molecule has 6 heteroatoms. The van der Waals surface area contributed by atoms with Crippen molar-refractivity contribution in [1.82, 2.24) is 9.97 Å². The highest BCUT2D eigenvalue weighted by Crippen LogP contribution is 2.16. The van der Waals surface area contributed by atoms with E-state index in [-0.39, 0.29) is 10.8 Å². The molecule has 78 valence electrons. The maximum absolute atomic E-state index is 13.3. The van der Waals surface area contributed by atoms with Gasteiger partial charge in [-0.05, 0) is 6.07 Å². The first-order chi connectivity index (χ1) is 7.25. The number of hydrogen-bond acceptors (Lipinski definition) is 4. The number of anilines is 1. The molecular formula is C9H7ClFN3S. The van der Waals surface area contributed by atoms with E-state index in [9.17, 15) is 4.39 Å². The van der Waals surface area contributed by atoms with Gasteiger partial charge >= 0.3 is 0 Å². The van der Waals surface area contributed by atoms with Crippen LogP contribution in [0.25, 0.3) is 0 Å². The van der Waals surface area contributed by atoms with Gasteiger partial charge in [0.05, 0.1) is 22.8 Å². The van der Waals surface area contributed by atoms with Gasteiger partial charge in [-0.2, -0.15) is 0 Å². The summed E-state index contributed by atoms with van der Waals surface area (Å²) in [6.45, 7) is 0.453. The molecule has 0 saturated carbocycles. The Morgan fingerprint density at radius 1 is 1.47 bits per heavy atom. The van der Waals surface area contributed by atoms with Crippen molar-refractivity contribution in [3.63, 3.8) is 0 Å². The molecule has 0 atom stereocenters. The van der Waals surface area contributed by atoms with E-state index in [1.807, 2.05) is 5.38 Å². The predicted molar refractivity (Wildman–Crippen MR) is 58.6 cm³/mol. The summed E-state index contributed by atoms with van der Waals surface area (Å²) >= 11 is 7.07. The standard InChI is InChI=1S/C9H7ClFN3S/c10-6-1-8(11)9(12-2-6)13-3-7-4-15-5-14-7/h1-2,4-5H,3H2,(H,12,13). The van der Waals surface area contributed by atoms with E-state index in [2.05, 4.69) is 15.3 Å². The second-order valence-electron chi connectivity index (χ2n) is 2.82. The number of nitrogens with zero attached hydrogens (tertiary/aromatic N) is 2. The molecule has 0 saturated heterocycles. The van der Waals surface area contributed by atoms with Crippen molar-refractivity contribution in [2.75, 3.05) is 5.32 Å². The molecule has 0 aliphatic carbocycles. The molecule has 2 heterocycles. The molecule has 2 rings (SSSR count). The van der Waals surface area contributed by atoms with E-state index in [4.69, 9.17) is 11.6 Å². The van der Waals surface area contributed by atoms with Crippen LogP contribution in [-0.2, 0) is 6.54 Å². The third-order valence-electron chi connectivity index (χ3n) is 1.73. The van der Waals surface area contributed by atoms with Crippen LogP contribution in [0.15, 0.2) is 23.2 Å². The molecule has 1 N–H and O–H groups in total. The van der Waals surface area contributed by atoms with E-state index in [0.717, 1.165) is 5.69 Å². The first-order valence-corrected chi connectivity index (χ1v) is 5.50. The molecule has 0 spiro atoms. The Morgan fingerprint density at radius 3 is 3.00 bits per heavy atom. The van der Waals surface area contributed by atoms with Crippen molar-refractivity contribution in [1.29, 1.82) is 0 Å². The SMILES string of the molecule is Fc1cc(Cl)cnc1NCc1cscn1. The zero-order valence-electron chi connectivity index (χ0n) is 7.58. The van der Waals surface area contributed by atoms with E-state index < -0.39 is 5.82 Å². The molecule has 0 fully saturated rings. The first kappa shape index (κ1) is 10.3. The summed E-state index contributed by atoms with van der Waals surface area (Å²) in [5, 5.41) is 5.02. The largest absolute Gasteiger partial charge is 0.362 e. The molecule has 0 aromatic carbocycles. The number of halogens is 2. The van der Waals surface area contributed by atoms with Gasteiger partial charge in [0.15, 0.2) is 11.6 Å². The highest BCUT2D eigenvalue weighted by molar-refractivity contribution is 7.07. The predicted octanol–water partition coefficient (Wildman–Crippen LogP) is 2.94. The fourth-order valence-electron chi connectivity index (χ4n) is 1.04. The van der Waals surface area contributed by atoms with E-state index in [1.54, 1.807) is 5.51 Å². The Bertz CT molecular complexity index is 447. The van der Waals surface area contributed by atoms with E-state index in [1.165, 1.54) is 23.6 Å². The summed E-state index contributed by atoms with van der Waals surface area (Å²) in [6, 6.07) is 1.22. The Balaban J connectivity index is 2.05. The fourth-order valence-corrected chi connectivity index (χ4v) is 1.75. The van der Waals surface area contributed by atoms with Crippen LogP contribution in [0.5, 0.6) is 0 Å². The van der Waals surface area contributed by atoms with Crippen molar-refractivity contribution >= 4 is 28.8 Å². The number of aromatic nitrogens is 2. The maximum atomic E-state index is 13.3. The topological polar surface area (TPSA) is 37.8 Å². The number of pyridine rings is 1. The Labute approximate surface area is 95.0 Å². The van der Waals surface area contributed by atoms with Gasteiger partial charge in [0.1, 0.15) is 0 Å². The van der Waals surface area contributed by atoms with Crippen LogP contribution in [0.4, 0.5) is 10.2 Å².